The molecule has 1 saturated heterocycles. The van der Waals surface area contributed by atoms with E-state index in [1.54, 1.807) is 30.3 Å². The van der Waals surface area contributed by atoms with Crippen LogP contribution in [0.15, 0.2) is 30.0 Å². The predicted octanol–water partition coefficient (Wildman–Crippen LogP) is 3.31. The van der Waals surface area contributed by atoms with Crippen molar-refractivity contribution in [2.45, 2.75) is 19.3 Å². The van der Waals surface area contributed by atoms with Crippen LogP contribution in [0.2, 0.25) is 5.02 Å². The summed E-state index contributed by atoms with van der Waals surface area (Å²) < 4.78 is 0. The van der Waals surface area contributed by atoms with Crippen LogP contribution in [-0.2, 0) is 0 Å². The average Bonchev–Trinajstić information content (AvgIpc) is 2.57. The lowest BCUT2D eigenvalue weighted by Gasteiger charge is -2.26. The van der Waals surface area contributed by atoms with Crippen LogP contribution in [0, 0.1) is 22.7 Å². The molecule has 1 fully saturated rings. The third kappa shape index (κ3) is 3.78. The molecule has 1 amide bonds. The summed E-state index contributed by atoms with van der Waals surface area (Å²) in [7, 11) is 0. The molecule has 0 radical (unpaired) electrons. The molecule has 5 nitrogen and oxygen atoms in total. The summed E-state index contributed by atoms with van der Waals surface area (Å²) in [6, 6.07) is 8.46. The average molecular weight is 315 g/mol. The molecule has 0 atom stereocenters. The molecule has 0 spiro atoms. The summed E-state index contributed by atoms with van der Waals surface area (Å²) in [6.45, 7) is 1.55. The number of hydrogen-bond donors (Lipinski definition) is 1. The van der Waals surface area contributed by atoms with Crippen LogP contribution in [-0.4, -0.2) is 23.9 Å². The Morgan fingerprint density at radius 1 is 1.23 bits per heavy atom. The molecule has 0 aromatic heterocycles. The molecular weight excluding hydrogens is 300 g/mol. The fraction of sp³-hybridized carbons (Fsp3) is 0.312. The Bertz CT molecular complexity index is 662. The Labute approximate surface area is 134 Å². The first kappa shape index (κ1) is 15.9. The van der Waals surface area contributed by atoms with E-state index in [1.807, 2.05) is 4.90 Å². The minimum atomic E-state index is -0.0659. The molecule has 0 unspecified atom stereocenters. The van der Waals surface area contributed by atoms with E-state index >= 15 is 0 Å². The van der Waals surface area contributed by atoms with E-state index in [2.05, 4.69) is 5.32 Å². The van der Waals surface area contributed by atoms with Gasteiger partial charge >= 0.3 is 0 Å². The topological polar surface area (TPSA) is 79.9 Å². The number of carbonyl (C=O) groups excluding carboxylic acids is 1. The summed E-state index contributed by atoms with van der Waals surface area (Å²) in [6.07, 6.45) is 4.49. The summed E-state index contributed by atoms with van der Waals surface area (Å²) in [5, 5.41) is 20.6. The van der Waals surface area contributed by atoms with Crippen LogP contribution in [0.4, 0.5) is 5.69 Å². The molecule has 112 valence electrons. The minimum absolute atomic E-state index is 0.0239. The SMILES string of the molecule is N#CC(C#N)=CNc1cc(C(=O)N2CCCCC2)ccc1Cl. The van der Waals surface area contributed by atoms with Gasteiger partial charge in [0.05, 0.1) is 10.7 Å². The first-order valence-electron chi connectivity index (χ1n) is 7.01. The molecular formula is C16H15ClN4O. The van der Waals surface area contributed by atoms with E-state index in [0.717, 1.165) is 32.4 Å². The second-order valence-electron chi connectivity index (χ2n) is 4.97. The van der Waals surface area contributed by atoms with E-state index in [-0.39, 0.29) is 11.5 Å². The number of nitriles is 2. The van der Waals surface area contributed by atoms with E-state index in [9.17, 15) is 4.79 Å². The number of likely N-dealkylation sites (tertiary alicyclic amines) is 1. The fourth-order valence-electron chi connectivity index (χ4n) is 2.29. The number of allylic oxidation sites excluding steroid dienone is 1. The van der Waals surface area contributed by atoms with Crippen molar-refractivity contribution >= 4 is 23.2 Å². The van der Waals surface area contributed by atoms with Crippen molar-refractivity contribution in [2.75, 3.05) is 18.4 Å². The molecule has 6 heteroatoms. The van der Waals surface area contributed by atoms with Gasteiger partial charge in [-0.15, -0.1) is 0 Å². The summed E-state index contributed by atoms with van der Waals surface area (Å²) >= 11 is 6.07. The largest absolute Gasteiger partial charge is 0.359 e. The van der Waals surface area contributed by atoms with Gasteiger partial charge in [-0.05, 0) is 37.5 Å². The standard InChI is InChI=1S/C16H15ClN4O/c17-14-5-4-13(16(22)21-6-2-1-3-7-21)8-15(14)20-11-12(9-18)10-19/h4-5,8,11,20H,1-3,6-7H2. The monoisotopic (exact) mass is 314 g/mol. The van der Waals surface area contributed by atoms with Gasteiger partial charge in [0, 0.05) is 24.9 Å². The lowest BCUT2D eigenvalue weighted by atomic mass is 10.1. The summed E-state index contributed by atoms with van der Waals surface area (Å²) in [5.41, 5.74) is 0.967. The third-order valence-electron chi connectivity index (χ3n) is 3.47. The van der Waals surface area contributed by atoms with Gasteiger partial charge in [0.2, 0.25) is 0 Å². The Balaban J connectivity index is 2.19. The molecule has 1 aromatic rings. The van der Waals surface area contributed by atoms with Crippen LogP contribution in [0.1, 0.15) is 29.6 Å². The van der Waals surface area contributed by atoms with Crippen LogP contribution in [0.5, 0.6) is 0 Å². The first-order valence-corrected chi connectivity index (χ1v) is 7.39. The van der Waals surface area contributed by atoms with E-state index in [4.69, 9.17) is 22.1 Å². The van der Waals surface area contributed by atoms with Crippen molar-refractivity contribution in [3.63, 3.8) is 0 Å². The number of carbonyl (C=O) groups is 1. The van der Waals surface area contributed by atoms with Crippen molar-refractivity contribution in [1.29, 1.82) is 10.5 Å². The maximum absolute atomic E-state index is 12.4. The molecule has 1 N–H and O–H groups in total. The van der Waals surface area contributed by atoms with Crippen molar-refractivity contribution in [3.8, 4) is 12.1 Å². The fourth-order valence-corrected chi connectivity index (χ4v) is 2.46. The smallest absolute Gasteiger partial charge is 0.253 e. The van der Waals surface area contributed by atoms with Crippen molar-refractivity contribution in [3.05, 3.63) is 40.6 Å². The number of hydrogen-bond acceptors (Lipinski definition) is 4. The Kier molecular flexibility index (Phi) is 5.41. The number of nitrogens with one attached hydrogen (secondary N) is 1. The second kappa shape index (κ2) is 7.49. The maximum Gasteiger partial charge on any atom is 0.253 e. The predicted molar refractivity (Wildman–Crippen MR) is 84.1 cm³/mol. The molecule has 1 aromatic carbocycles. The zero-order chi connectivity index (χ0) is 15.9. The normalized spacial score (nSPS) is 13.7. The first-order chi connectivity index (χ1) is 10.7. The number of rotatable bonds is 3. The van der Waals surface area contributed by atoms with Gasteiger partial charge in [0.15, 0.2) is 0 Å². The van der Waals surface area contributed by atoms with E-state index < -0.39 is 0 Å². The number of benzene rings is 1. The van der Waals surface area contributed by atoms with Gasteiger partial charge in [-0.25, -0.2) is 0 Å². The Hall–Kier alpha value is -2.50. The Morgan fingerprint density at radius 2 is 1.91 bits per heavy atom. The lowest BCUT2D eigenvalue weighted by molar-refractivity contribution is 0.0724. The summed E-state index contributed by atoms with van der Waals surface area (Å²) in [5.74, 6) is -0.0239. The second-order valence-corrected chi connectivity index (χ2v) is 5.38. The molecule has 0 aliphatic carbocycles. The van der Waals surface area contributed by atoms with Gasteiger partial charge in [-0.3, -0.25) is 4.79 Å². The Morgan fingerprint density at radius 3 is 2.55 bits per heavy atom. The molecule has 0 bridgehead atoms. The highest BCUT2D eigenvalue weighted by Crippen LogP contribution is 2.24. The number of piperidine rings is 1. The highest BCUT2D eigenvalue weighted by atomic mass is 35.5. The van der Waals surface area contributed by atoms with Crippen LogP contribution in [0.3, 0.4) is 0 Å². The number of nitrogens with zero attached hydrogens (tertiary/aromatic N) is 3. The molecule has 1 aliphatic rings. The highest BCUT2D eigenvalue weighted by molar-refractivity contribution is 6.33. The van der Waals surface area contributed by atoms with Crippen LogP contribution < -0.4 is 5.32 Å². The number of amides is 1. The highest BCUT2D eigenvalue weighted by Gasteiger charge is 2.18. The molecule has 0 saturated carbocycles. The van der Waals surface area contributed by atoms with Gasteiger partial charge in [0.1, 0.15) is 17.7 Å². The zero-order valence-electron chi connectivity index (χ0n) is 12.0. The van der Waals surface area contributed by atoms with Crippen LogP contribution >= 0.6 is 11.6 Å². The van der Waals surface area contributed by atoms with Crippen molar-refractivity contribution < 1.29 is 4.79 Å². The molecule has 1 aliphatic heterocycles. The van der Waals surface area contributed by atoms with Gasteiger partial charge < -0.3 is 10.2 Å². The van der Waals surface area contributed by atoms with Crippen molar-refractivity contribution in [2.24, 2.45) is 0 Å². The van der Waals surface area contributed by atoms with Gasteiger partial charge in [0.25, 0.3) is 5.91 Å². The molecule has 2 rings (SSSR count). The number of anilines is 1. The maximum atomic E-state index is 12.4. The van der Waals surface area contributed by atoms with Crippen molar-refractivity contribution in [1.82, 2.24) is 4.90 Å². The minimum Gasteiger partial charge on any atom is -0.359 e. The quantitative estimate of drug-likeness (QED) is 0.868. The summed E-state index contributed by atoms with van der Waals surface area (Å²) in [4.78, 5) is 14.3. The van der Waals surface area contributed by atoms with Crippen LogP contribution in [0.25, 0.3) is 0 Å². The molecule has 1 heterocycles. The lowest BCUT2D eigenvalue weighted by Crippen LogP contribution is -2.35. The van der Waals surface area contributed by atoms with E-state index in [0.29, 0.717) is 16.3 Å². The van der Waals surface area contributed by atoms with Gasteiger partial charge in [-0.1, -0.05) is 11.6 Å². The zero-order valence-corrected chi connectivity index (χ0v) is 12.7. The van der Waals surface area contributed by atoms with E-state index in [1.165, 1.54) is 6.20 Å². The molecule has 22 heavy (non-hydrogen) atoms. The third-order valence-corrected chi connectivity index (χ3v) is 3.80. The number of halogens is 1. The van der Waals surface area contributed by atoms with Gasteiger partial charge in [-0.2, -0.15) is 10.5 Å².